The summed E-state index contributed by atoms with van der Waals surface area (Å²) in [7, 11) is 0. The lowest BCUT2D eigenvalue weighted by Crippen LogP contribution is -2.20. The predicted octanol–water partition coefficient (Wildman–Crippen LogP) is 5.38. The Kier molecular flexibility index (Phi) is 7.24. The molecule has 4 rings (SSSR count). The molecule has 0 bridgehead atoms. The van der Waals surface area contributed by atoms with Crippen LogP contribution in [0.4, 0.5) is 0 Å². The first kappa shape index (κ1) is 23.5. The van der Waals surface area contributed by atoms with Gasteiger partial charge in [-0.1, -0.05) is 45.7 Å². The number of ether oxygens (including phenoxy) is 1. The summed E-state index contributed by atoms with van der Waals surface area (Å²) in [6.07, 6.45) is 0.764. The van der Waals surface area contributed by atoms with Gasteiger partial charge in [0.2, 0.25) is 0 Å². The van der Waals surface area contributed by atoms with E-state index in [1.807, 2.05) is 16.7 Å². The van der Waals surface area contributed by atoms with Crippen molar-refractivity contribution in [1.29, 1.82) is 0 Å². The van der Waals surface area contributed by atoms with Crippen molar-refractivity contribution in [3.63, 3.8) is 0 Å². The van der Waals surface area contributed by atoms with Crippen LogP contribution in [0.1, 0.15) is 44.5 Å². The molecule has 0 saturated heterocycles. The minimum Gasteiger partial charge on any atom is -0.461 e. The van der Waals surface area contributed by atoms with E-state index in [1.165, 1.54) is 0 Å². The minimum atomic E-state index is -0.484. The van der Waals surface area contributed by atoms with Gasteiger partial charge in [-0.15, -0.1) is 17.0 Å². The van der Waals surface area contributed by atoms with Gasteiger partial charge in [-0.2, -0.15) is 0 Å². The topological polar surface area (TPSA) is 77.4 Å². The number of carbonyl (C=O) groups excluding carboxylic acids is 3. The van der Waals surface area contributed by atoms with E-state index in [1.54, 1.807) is 31.2 Å². The predicted molar refractivity (Wildman–Crippen MR) is 129 cm³/mol. The van der Waals surface area contributed by atoms with Gasteiger partial charge >= 0.3 is 5.97 Å². The molecular weight excluding hydrogens is 552 g/mol. The van der Waals surface area contributed by atoms with Gasteiger partial charge in [-0.25, -0.2) is 4.79 Å². The number of halogens is 3. The first-order valence-electron chi connectivity index (χ1n) is 9.51. The number of amides is 2. The highest BCUT2D eigenvalue weighted by molar-refractivity contribution is 9.09. The van der Waals surface area contributed by atoms with Crippen molar-refractivity contribution >= 4 is 73.2 Å². The minimum absolute atomic E-state index is 0. The maximum Gasteiger partial charge on any atom is 0.354 e. The lowest BCUT2D eigenvalue weighted by molar-refractivity contribution is 0.0514. The number of carbonyl (C=O) groups is 3. The Morgan fingerprint density at radius 3 is 2.52 bits per heavy atom. The molecule has 6 nitrogen and oxygen atoms in total. The van der Waals surface area contributed by atoms with Gasteiger partial charge < -0.3 is 9.30 Å². The summed E-state index contributed by atoms with van der Waals surface area (Å²) in [5.74, 6) is -1.43. The van der Waals surface area contributed by atoms with Gasteiger partial charge in [0.1, 0.15) is 5.69 Å². The molecule has 3 aromatic rings. The molecule has 0 aliphatic carbocycles. The Morgan fingerprint density at radius 1 is 1.13 bits per heavy atom. The lowest BCUT2D eigenvalue weighted by atomic mass is 9.94. The molecule has 2 heterocycles. The number of aromatic nitrogens is 1. The summed E-state index contributed by atoms with van der Waals surface area (Å²) in [6.45, 7) is 2.52. The molecule has 0 saturated carbocycles. The van der Waals surface area contributed by atoms with Crippen LogP contribution in [-0.4, -0.2) is 34.3 Å². The molecule has 162 valence electrons. The van der Waals surface area contributed by atoms with E-state index in [0.29, 0.717) is 39.3 Å². The van der Waals surface area contributed by atoms with Crippen LogP contribution in [0.3, 0.4) is 0 Å². The Bertz CT molecular complexity index is 1210. The quantitative estimate of drug-likeness (QED) is 0.245. The molecule has 1 aromatic heterocycles. The zero-order valence-corrected chi connectivity index (χ0v) is 20.6. The molecule has 0 unspecified atom stereocenters. The van der Waals surface area contributed by atoms with Crippen LogP contribution in [0.15, 0.2) is 36.4 Å². The van der Waals surface area contributed by atoms with E-state index < -0.39 is 17.8 Å². The Hall–Kier alpha value is -2.16. The lowest BCUT2D eigenvalue weighted by Gasteiger charge is -2.13. The van der Waals surface area contributed by atoms with Gasteiger partial charge in [0.05, 0.1) is 23.3 Å². The Balaban J connectivity index is 0.00000272. The van der Waals surface area contributed by atoms with Crippen molar-refractivity contribution in [2.45, 2.75) is 19.9 Å². The summed E-state index contributed by atoms with van der Waals surface area (Å²) >= 11 is 9.84. The largest absolute Gasteiger partial charge is 0.461 e. The Morgan fingerprint density at radius 2 is 1.84 bits per heavy atom. The average Bonchev–Trinajstić information content (AvgIpc) is 3.23. The Labute approximate surface area is 202 Å². The van der Waals surface area contributed by atoms with Crippen LogP contribution in [0.5, 0.6) is 0 Å². The summed E-state index contributed by atoms with van der Waals surface area (Å²) < 4.78 is 7.06. The zero-order valence-electron chi connectivity index (χ0n) is 16.5. The summed E-state index contributed by atoms with van der Waals surface area (Å²) in [5.41, 5.74) is 2.76. The number of aryl methyl sites for hydroxylation is 1. The highest BCUT2D eigenvalue weighted by Crippen LogP contribution is 2.39. The van der Waals surface area contributed by atoms with Gasteiger partial charge in [-0.05, 0) is 37.1 Å². The fourth-order valence-electron chi connectivity index (χ4n) is 3.82. The molecule has 9 heteroatoms. The highest BCUT2D eigenvalue weighted by atomic mass is 79.9. The van der Waals surface area contributed by atoms with E-state index in [4.69, 9.17) is 16.3 Å². The summed E-state index contributed by atoms with van der Waals surface area (Å²) in [6, 6.07) is 10.6. The van der Waals surface area contributed by atoms with Crippen molar-refractivity contribution in [2.24, 2.45) is 0 Å². The van der Waals surface area contributed by atoms with Crippen LogP contribution in [-0.2, 0) is 11.3 Å². The van der Waals surface area contributed by atoms with E-state index in [9.17, 15) is 14.4 Å². The van der Waals surface area contributed by atoms with Gasteiger partial charge in [0.15, 0.2) is 0 Å². The second-order valence-corrected chi connectivity index (χ2v) is 8.01. The number of hydrogen-bond acceptors (Lipinski definition) is 4. The molecule has 1 aliphatic rings. The van der Waals surface area contributed by atoms with Crippen molar-refractivity contribution < 1.29 is 19.1 Å². The van der Waals surface area contributed by atoms with E-state index in [-0.39, 0.29) is 34.7 Å². The number of rotatable bonds is 6. The number of nitrogens with zero attached hydrogens (tertiary/aromatic N) is 1. The summed E-state index contributed by atoms with van der Waals surface area (Å²) in [5, 5.41) is 4.13. The van der Waals surface area contributed by atoms with Crippen molar-refractivity contribution in [3.8, 4) is 11.1 Å². The molecule has 0 radical (unpaired) electrons. The molecule has 31 heavy (non-hydrogen) atoms. The molecule has 2 aromatic carbocycles. The number of hydrogen-bond donors (Lipinski definition) is 1. The summed E-state index contributed by atoms with van der Waals surface area (Å²) in [4.78, 5) is 37.9. The van der Waals surface area contributed by atoms with Crippen LogP contribution in [0, 0.1) is 0 Å². The smallest absolute Gasteiger partial charge is 0.354 e. The maximum absolute atomic E-state index is 12.7. The van der Waals surface area contributed by atoms with Crippen LogP contribution in [0.2, 0.25) is 5.02 Å². The zero-order chi connectivity index (χ0) is 21.4. The number of fused-ring (bicyclic) bond motifs is 3. The van der Waals surface area contributed by atoms with Crippen LogP contribution in [0.25, 0.3) is 22.0 Å². The van der Waals surface area contributed by atoms with Crippen molar-refractivity contribution in [2.75, 3.05) is 11.9 Å². The van der Waals surface area contributed by atoms with Gasteiger partial charge in [0, 0.05) is 27.8 Å². The molecule has 0 spiro atoms. The average molecular weight is 571 g/mol. The fraction of sp³-hybridized carbons (Fsp3) is 0.227. The van der Waals surface area contributed by atoms with Crippen LogP contribution >= 0.6 is 44.5 Å². The van der Waals surface area contributed by atoms with E-state index in [0.717, 1.165) is 11.8 Å². The molecule has 0 fully saturated rings. The van der Waals surface area contributed by atoms with E-state index in [2.05, 4.69) is 21.2 Å². The van der Waals surface area contributed by atoms with E-state index >= 15 is 0 Å². The third kappa shape index (κ3) is 4.04. The number of esters is 1. The maximum atomic E-state index is 12.7. The molecule has 1 aliphatic heterocycles. The van der Waals surface area contributed by atoms with Gasteiger partial charge in [0.25, 0.3) is 11.8 Å². The number of nitrogens with one attached hydrogen (secondary N) is 1. The number of imide groups is 1. The van der Waals surface area contributed by atoms with Crippen LogP contribution < -0.4 is 5.32 Å². The standard InChI is InChI=1S/C22H18BrClN2O4.BrH/c1-2-30-22(29)17-11-14-16(26(17)9-5-8-23)10-13(12-6-3-4-7-15(12)24)18-19(14)21(28)25-20(18)27;/h3-4,6-7,10-11H,2,5,8-9H2,1H3,(H,25,27,28);1H. The number of alkyl halides is 1. The third-order valence-corrected chi connectivity index (χ3v) is 5.94. The fourth-order valence-corrected chi connectivity index (χ4v) is 4.31. The second-order valence-electron chi connectivity index (χ2n) is 6.81. The highest BCUT2D eigenvalue weighted by Gasteiger charge is 2.34. The first-order valence-corrected chi connectivity index (χ1v) is 11.0. The monoisotopic (exact) mass is 568 g/mol. The number of benzene rings is 2. The van der Waals surface area contributed by atoms with Gasteiger partial charge in [-0.3, -0.25) is 14.9 Å². The normalized spacial score (nSPS) is 12.5. The SMILES string of the molecule is Br.CCOC(=O)c1cc2c3c(c(-c4ccccc4Cl)cc2n1CCCBr)C(=O)NC3=O. The van der Waals surface area contributed by atoms with Crippen molar-refractivity contribution in [1.82, 2.24) is 9.88 Å². The second kappa shape index (κ2) is 9.54. The van der Waals surface area contributed by atoms with Crippen molar-refractivity contribution in [3.05, 3.63) is 58.2 Å². The molecule has 1 N–H and O–H groups in total. The molecule has 2 amide bonds. The molecular formula is C22H19Br2ClN2O4. The third-order valence-electron chi connectivity index (χ3n) is 5.05. The first-order chi connectivity index (χ1) is 14.5. The molecule has 0 atom stereocenters.